The summed E-state index contributed by atoms with van der Waals surface area (Å²) in [7, 11) is 0. The molecule has 7 heteroatoms. The van der Waals surface area contributed by atoms with Crippen LogP contribution in [0.3, 0.4) is 0 Å². The van der Waals surface area contributed by atoms with Gasteiger partial charge in [-0.15, -0.1) is 0 Å². The van der Waals surface area contributed by atoms with Gasteiger partial charge in [-0.05, 0) is 35.2 Å². The molecule has 3 aromatic rings. The van der Waals surface area contributed by atoms with E-state index in [1.54, 1.807) is 13.0 Å². The second kappa shape index (κ2) is 8.75. The van der Waals surface area contributed by atoms with Gasteiger partial charge in [0.25, 0.3) is 0 Å². The van der Waals surface area contributed by atoms with Crippen LogP contribution < -0.4 is 11.1 Å². The summed E-state index contributed by atoms with van der Waals surface area (Å²) < 4.78 is 5.44. The van der Waals surface area contributed by atoms with E-state index in [0.717, 1.165) is 22.3 Å². The molecule has 0 aliphatic heterocycles. The number of nitrogen functional groups attached to an aromatic ring is 1. The van der Waals surface area contributed by atoms with Crippen LogP contribution in [-0.2, 0) is 4.74 Å². The second-order valence-electron chi connectivity index (χ2n) is 7.66. The Hall–Kier alpha value is -3.42. The molecule has 7 nitrogen and oxygen atoms in total. The van der Waals surface area contributed by atoms with Gasteiger partial charge in [-0.25, -0.2) is 4.79 Å². The predicted molar refractivity (Wildman–Crippen MR) is 117 cm³/mol. The van der Waals surface area contributed by atoms with Gasteiger partial charge in [0.05, 0.1) is 11.4 Å². The molecule has 0 saturated heterocycles. The van der Waals surface area contributed by atoms with Crippen molar-refractivity contribution in [3.8, 4) is 11.1 Å². The van der Waals surface area contributed by atoms with E-state index in [2.05, 4.69) is 22.4 Å². The predicted octanol–water partition coefficient (Wildman–Crippen LogP) is 2.91. The third-order valence-electron chi connectivity index (χ3n) is 5.65. The number of aliphatic hydroxyl groups excluding tert-OH is 2. The summed E-state index contributed by atoms with van der Waals surface area (Å²) in [6, 6.07) is 17.7. The lowest BCUT2D eigenvalue weighted by molar-refractivity contribution is 0.0184. The van der Waals surface area contributed by atoms with Crippen LogP contribution in [0, 0.1) is 6.92 Å². The van der Waals surface area contributed by atoms with Gasteiger partial charge < -0.3 is 26.0 Å². The number of rotatable bonds is 6. The Morgan fingerprint density at radius 3 is 2.35 bits per heavy atom. The maximum absolute atomic E-state index is 12.2. The van der Waals surface area contributed by atoms with Crippen molar-refractivity contribution in [2.24, 2.45) is 0 Å². The summed E-state index contributed by atoms with van der Waals surface area (Å²) in [5.74, 6) is -0.0460. The summed E-state index contributed by atoms with van der Waals surface area (Å²) in [4.78, 5) is 16.3. The second-order valence-corrected chi connectivity index (χ2v) is 7.66. The molecule has 160 valence electrons. The summed E-state index contributed by atoms with van der Waals surface area (Å²) >= 11 is 0. The Kier molecular flexibility index (Phi) is 5.88. The molecule has 0 saturated carbocycles. The van der Waals surface area contributed by atoms with Crippen LogP contribution in [0.2, 0.25) is 0 Å². The molecule has 2 atom stereocenters. The molecule has 0 fully saturated rings. The van der Waals surface area contributed by atoms with Gasteiger partial charge in [0.2, 0.25) is 0 Å². The highest BCUT2D eigenvalue weighted by atomic mass is 16.5. The molecule has 0 bridgehead atoms. The molecule has 2 unspecified atom stereocenters. The van der Waals surface area contributed by atoms with Crippen LogP contribution in [0.15, 0.2) is 60.8 Å². The van der Waals surface area contributed by atoms with Crippen molar-refractivity contribution in [3.05, 3.63) is 83.2 Å². The van der Waals surface area contributed by atoms with Crippen molar-refractivity contribution < 1.29 is 19.7 Å². The van der Waals surface area contributed by atoms with Crippen molar-refractivity contribution in [3.63, 3.8) is 0 Å². The number of carbonyl (C=O) groups is 1. The van der Waals surface area contributed by atoms with Crippen molar-refractivity contribution in [1.82, 2.24) is 10.3 Å². The zero-order valence-corrected chi connectivity index (χ0v) is 17.2. The van der Waals surface area contributed by atoms with Crippen LogP contribution in [0.25, 0.3) is 11.1 Å². The first kappa shape index (κ1) is 20.8. The minimum atomic E-state index is -1.23. The Labute approximate surface area is 180 Å². The maximum Gasteiger partial charge on any atom is 0.407 e. The molecule has 1 aromatic heterocycles. The number of aryl methyl sites for hydroxylation is 1. The van der Waals surface area contributed by atoms with Gasteiger partial charge >= 0.3 is 6.09 Å². The number of aliphatic hydroxyl groups is 2. The quantitative estimate of drug-likeness (QED) is 0.488. The summed E-state index contributed by atoms with van der Waals surface area (Å²) in [6.45, 7) is 1.75. The normalized spacial score (nSPS) is 14.4. The minimum absolute atomic E-state index is 0.0460. The number of benzene rings is 2. The minimum Gasteiger partial charge on any atom is -0.449 e. The fraction of sp³-hybridized carbons (Fsp3) is 0.250. The zero-order valence-electron chi connectivity index (χ0n) is 17.2. The molecule has 1 aliphatic carbocycles. The van der Waals surface area contributed by atoms with Gasteiger partial charge in [-0.1, -0.05) is 48.5 Å². The molecule has 4 rings (SSSR count). The number of nitrogens with two attached hydrogens (primary N) is 1. The number of anilines is 1. The van der Waals surface area contributed by atoms with Crippen LogP contribution in [-0.4, -0.2) is 40.5 Å². The fourth-order valence-corrected chi connectivity index (χ4v) is 3.90. The molecule has 0 radical (unpaired) electrons. The lowest BCUT2D eigenvalue weighted by Crippen LogP contribution is -2.36. The first-order valence-electron chi connectivity index (χ1n) is 10.1. The van der Waals surface area contributed by atoms with E-state index >= 15 is 0 Å². The number of alkyl carbamates (subject to hydrolysis) is 1. The Bertz CT molecular complexity index is 1060. The first-order valence-corrected chi connectivity index (χ1v) is 10.1. The molecule has 2 aromatic carbocycles. The number of nitrogens with one attached hydrogen (secondary N) is 1. The van der Waals surface area contributed by atoms with Crippen LogP contribution in [0.5, 0.6) is 0 Å². The highest BCUT2D eigenvalue weighted by Gasteiger charge is 2.29. The molecule has 0 spiro atoms. The van der Waals surface area contributed by atoms with E-state index in [4.69, 9.17) is 10.5 Å². The molecule has 1 heterocycles. The Balaban J connectivity index is 1.34. The smallest absolute Gasteiger partial charge is 0.407 e. The van der Waals surface area contributed by atoms with Gasteiger partial charge in [0.15, 0.2) is 0 Å². The molecular weight excluding hydrogens is 394 g/mol. The monoisotopic (exact) mass is 419 g/mol. The van der Waals surface area contributed by atoms with Crippen molar-refractivity contribution in [2.75, 3.05) is 18.9 Å². The average Bonchev–Trinajstić information content (AvgIpc) is 3.11. The van der Waals surface area contributed by atoms with Gasteiger partial charge in [-0.2, -0.15) is 0 Å². The van der Waals surface area contributed by atoms with Crippen molar-refractivity contribution in [2.45, 2.75) is 25.0 Å². The highest BCUT2D eigenvalue weighted by Crippen LogP contribution is 2.44. The Morgan fingerprint density at radius 2 is 1.74 bits per heavy atom. The molecule has 1 aliphatic rings. The maximum atomic E-state index is 12.2. The van der Waals surface area contributed by atoms with Gasteiger partial charge in [0.1, 0.15) is 18.8 Å². The van der Waals surface area contributed by atoms with E-state index in [-0.39, 0.29) is 19.1 Å². The summed E-state index contributed by atoms with van der Waals surface area (Å²) in [6.07, 6.45) is -1.67. The third kappa shape index (κ3) is 4.23. The number of hydrogen-bond acceptors (Lipinski definition) is 6. The number of carbonyl (C=O) groups excluding carboxylic acids is 1. The first-order chi connectivity index (χ1) is 15.0. The third-order valence-corrected chi connectivity index (χ3v) is 5.65. The standard InChI is InChI=1S/C24H25N3O4/c1-14-21(25)10-15(11-26-14)23(29)22(28)12-27-24(30)31-13-20-18-8-4-2-6-16(18)17-7-3-5-9-19(17)20/h2-11,20,22-23,28-29H,12-13,25H2,1H3,(H,27,30). The fourth-order valence-electron chi connectivity index (χ4n) is 3.90. The molecule has 31 heavy (non-hydrogen) atoms. The number of pyridine rings is 1. The molecule has 1 amide bonds. The van der Waals surface area contributed by atoms with Gasteiger partial charge in [-0.3, -0.25) is 4.98 Å². The lowest BCUT2D eigenvalue weighted by atomic mass is 9.98. The number of hydrogen-bond donors (Lipinski definition) is 4. The van der Waals surface area contributed by atoms with Crippen LogP contribution >= 0.6 is 0 Å². The molecule has 5 N–H and O–H groups in total. The number of amides is 1. The highest BCUT2D eigenvalue weighted by molar-refractivity contribution is 5.79. The summed E-state index contributed by atoms with van der Waals surface area (Å²) in [5.41, 5.74) is 11.8. The van der Waals surface area contributed by atoms with Crippen LogP contribution in [0.4, 0.5) is 10.5 Å². The number of ether oxygens (including phenoxy) is 1. The largest absolute Gasteiger partial charge is 0.449 e. The number of fused-ring (bicyclic) bond motifs is 3. The zero-order chi connectivity index (χ0) is 22.0. The topological polar surface area (TPSA) is 118 Å². The van der Waals surface area contributed by atoms with E-state index in [1.165, 1.54) is 6.20 Å². The van der Waals surface area contributed by atoms with E-state index in [9.17, 15) is 15.0 Å². The van der Waals surface area contributed by atoms with Gasteiger partial charge in [0, 0.05) is 24.2 Å². The number of aromatic nitrogens is 1. The van der Waals surface area contributed by atoms with Crippen molar-refractivity contribution >= 4 is 11.8 Å². The number of nitrogens with zero attached hydrogens (tertiary/aromatic N) is 1. The van der Waals surface area contributed by atoms with E-state index < -0.39 is 18.3 Å². The Morgan fingerprint density at radius 1 is 1.13 bits per heavy atom. The van der Waals surface area contributed by atoms with Crippen LogP contribution in [0.1, 0.15) is 34.4 Å². The average molecular weight is 419 g/mol. The lowest BCUT2D eigenvalue weighted by Gasteiger charge is -2.19. The SMILES string of the molecule is Cc1ncc(C(O)C(O)CNC(=O)OCC2c3ccccc3-c3ccccc32)cc1N. The van der Waals surface area contributed by atoms with E-state index in [0.29, 0.717) is 16.9 Å². The summed E-state index contributed by atoms with van der Waals surface area (Å²) in [5, 5.41) is 23.0. The molecular formula is C24H25N3O4. The van der Waals surface area contributed by atoms with Crippen molar-refractivity contribution in [1.29, 1.82) is 0 Å². The van der Waals surface area contributed by atoms with E-state index in [1.807, 2.05) is 36.4 Å².